The molecule has 11 heavy (non-hydrogen) atoms. The van der Waals surface area contributed by atoms with Crippen LogP contribution in [0.4, 0.5) is 10.2 Å². The Morgan fingerprint density at radius 1 is 1.27 bits per heavy atom. The van der Waals surface area contributed by atoms with E-state index >= 15 is 0 Å². The molecule has 0 heterocycles. The van der Waals surface area contributed by atoms with Gasteiger partial charge in [-0.05, 0) is 26.0 Å². The highest BCUT2D eigenvalue weighted by Gasteiger charge is 1.98. The average Bonchev–Trinajstić information content (AvgIpc) is 2.05. The summed E-state index contributed by atoms with van der Waals surface area (Å²) in [6, 6.07) is 7.35. The molecule has 0 N–H and O–H groups in total. The lowest BCUT2D eigenvalue weighted by atomic mass is 10.2. The van der Waals surface area contributed by atoms with E-state index < -0.39 is 0 Å². The summed E-state index contributed by atoms with van der Waals surface area (Å²) in [6.45, 7) is 4.15. The molecule has 0 amide bonds. The summed E-state index contributed by atoms with van der Waals surface area (Å²) >= 11 is 0. The van der Waals surface area contributed by atoms with Gasteiger partial charge < -0.3 is 0 Å². The first kappa shape index (κ1) is 8.05. The molecule has 1 rings (SSSR count). The number of hydrogen-bond acceptors (Lipinski definition) is 1. The molecular formula is C9H12FN. The molecule has 0 bridgehead atoms. The lowest BCUT2D eigenvalue weighted by molar-refractivity contribution is 0.445. The summed E-state index contributed by atoms with van der Waals surface area (Å²) in [5.74, 6) is 0. The van der Waals surface area contributed by atoms with Crippen molar-refractivity contribution < 1.29 is 4.48 Å². The van der Waals surface area contributed by atoms with Crippen molar-refractivity contribution in [1.29, 1.82) is 0 Å². The van der Waals surface area contributed by atoms with Crippen LogP contribution in [0.25, 0.3) is 0 Å². The van der Waals surface area contributed by atoms with Gasteiger partial charge in [-0.15, -0.1) is 0 Å². The van der Waals surface area contributed by atoms with E-state index in [-0.39, 0.29) is 0 Å². The Hall–Kier alpha value is -1.05. The molecule has 0 saturated heterocycles. The van der Waals surface area contributed by atoms with Crippen LogP contribution in [0.1, 0.15) is 12.5 Å². The Kier molecular flexibility index (Phi) is 2.47. The van der Waals surface area contributed by atoms with Gasteiger partial charge in [-0.25, -0.2) is 5.12 Å². The molecule has 0 aliphatic rings. The van der Waals surface area contributed by atoms with Crippen LogP contribution in [0.5, 0.6) is 0 Å². The largest absolute Gasteiger partial charge is 0.212 e. The maximum absolute atomic E-state index is 12.8. The number of aryl methyl sites for hydroxylation is 1. The van der Waals surface area contributed by atoms with E-state index in [0.717, 1.165) is 10.7 Å². The topological polar surface area (TPSA) is 3.24 Å². The van der Waals surface area contributed by atoms with Crippen LogP contribution in [0, 0.1) is 6.92 Å². The van der Waals surface area contributed by atoms with Crippen LogP contribution >= 0.6 is 0 Å². The highest BCUT2D eigenvalue weighted by Crippen LogP contribution is 2.14. The lowest BCUT2D eigenvalue weighted by Gasteiger charge is -2.10. The third-order valence-corrected chi connectivity index (χ3v) is 1.59. The summed E-state index contributed by atoms with van der Waals surface area (Å²) in [5, 5.41) is 0.722. The number of halogens is 1. The predicted octanol–water partition coefficient (Wildman–Crippen LogP) is 2.71. The first-order valence-corrected chi connectivity index (χ1v) is 3.74. The molecule has 0 radical (unpaired) electrons. The second kappa shape index (κ2) is 3.37. The highest BCUT2D eigenvalue weighted by atomic mass is 19.2. The van der Waals surface area contributed by atoms with E-state index in [0.29, 0.717) is 12.2 Å². The van der Waals surface area contributed by atoms with Crippen LogP contribution in [0.3, 0.4) is 0 Å². The zero-order valence-corrected chi connectivity index (χ0v) is 6.84. The van der Waals surface area contributed by atoms with Crippen molar-refractivity contribution in [3.63, 3.8) is 0 Å². The Balaban J connectivity index is 2.81. The van der Waals surface area contributed by atoms with Gasteiger partial charge >= 0.3 is 0 Å². The Bertz CT molecular complexity index is 218. The molecule has 0 unspecified atom stereocenters. The van der Waals surface area contributed by atoms with Gasteiger partial charge in [-0.2, -0.15) is 0 Å². The fraction of sp³-hybridized carbons (Fsp3) is 0.333. The van der Waals surface area contributed by atoms with Crippen molar-refractivity contribution in [2.24, 2.45) is 0 Å². The maximum Gasteiger partial charge on any atom is 0.0687 e. The van der Waals surface area contributed by atoms with E-state index in [1.54, 1.807) is 19.1 Å². The smallest absolute Gasteiger partial charge is 0.0687 e. The van der Waals surface area contributed by atoms with Crippen LogP contribution in [0.2, 0.25) is 0 Å². The van der Waals surface area contributed by atoms with Gasteiger partial charge in [0.25, 0.3) is 0 Å². The summed E-state index contributed by atoms with van der Waals surface area (Å²) in [4.78, 5) is 0. The number of anilines is 1. The molecule has 1 aromatic rings. The molecule has 0 fully saturated rings. The van der Waals surface area contributed by atoms with E-state index in [1.807, 2.05) is 19.1 Å². The van der Waals surface area contributed by atoms with Crippen molar-refractivity contribution in [2.45, 2.75) is 13.8 Å². The fourth-order valence-corrected chi connectivity index (χ4v) is 0.889. The van der Waals surface area contributed by atoms with Gasteiger partial charge in [0, 0.05) is 6.54 Å². The summed E-state index contributed by atoms with van der Waals surface area (Å²) < 4.78 is 12.8. The number of hydrogen-bond donors (Lipinski definition) is 0. The van der Waals surface area contributed by atoms with Gasteiger partial charge in [0.1, 0.15) is 0 Å². The van der Waals surface area contributed by atoms with Gasteiger partial charge in [-0.1, -0.05) is 22.2 Å². The molecule has 0 aliphatic heterocycles. The van der Waals surface area contributed by atoms with Crippen molar-refractivity contribution in [1.82, 2.24) is 0 Å². The zero-order chi connectivity index (χ0) is 8.27. The molecule has 0 saturated carbocycles. The van der Waals surface area contributed by atoms with Crippen molar-refractivity contribution in [2.75, 3.05) is 11.7 Å². The minimum Gasteiger partial charge on any atom is -0.212 e. The van der Waals surface area contributed by atoms with Crippen LogP contribution in [-0.2, 0) is 0 Å². The normalized spacial score (nSPS) is 9.73. The monoisotopic (exact) mass is 153 g/mol. The summed E-state index contributed by atoms with van der Waals surface area (Å²) in [6.07, 6.45) is 0. The molecule has 1 nitrogen and oxygen atoms in total. The third-order valence-electron chi connectivity index (χ3n) is 1.59. The van der Waals surface area contributed by atoms with Gasteiger partial charge in [0.2, 0.25) is 0 Å². The molecular weight excluding hydrogens is 141 g/mol. The molecule has 0 atom stereocenters. The minimum absolute atomic E-state index is 0.392. The van der Waals surface area contributed by atoms with Gasteiger partial charge in [0.15, 0.2) is 0 Å². The summed E-state index contributed by atoms with van der Waals surface area (Å²) in [5.41, 5.74) is 1.77. The first-order valence-electron chi connectivity index (χ1n) is 3.74. The Morgan fingerprint density at radius 3 is 2.27 bits per heavy atom. The van der Waals surface area contributed by atoms with E-state index in [4.69, 9.17) is 0 Å². The van der Waals surface area contributed by atoms with E-state index in [9.17, 15) is 4.48 Å². The first-order chi connectivity index (χ1) is 5.24. The van der Waals surface area contributed by atoms with Gasteiger partial charge in [-0.3, -0.25) is 0 Å². The predicted molar refractivity (Wildman–Crippen MR) is 45.3 cm³/mol. The quantitative estimate of drug-likeness (QED) is 0.590. The average molecular weight is 153 g/mol. The van der Waals surface area contributed by atoms with Gasteiger partial charge in [0.05, 0.1) is 5.69 Å². The fourth-order valence-electron chi connectivity index (χ4n) is 0.889. The Morgan fingerprint density at radius 2 is 1.82 bits per heavy atom. The van der Waals surface area contributed by atoms with E-state index in [1.165, 1.54) is 0 Å². The molecule has 60 valence electrons. The van der Waals surface area contributed by atoms with Crippen molar-refractivity contribution >= 4 is 5.69 Å². The maximum atomic E-state index is 12.8. The number of nitrogens with zero attached hydrogens (tertiary/aromatic N) is 1. The molecule has 1 aromatic carbocycles. The minimum atomic E-state index is 0.392. The molecule has 2 heteroatoms. The SMILES string of the molecule is CCN(F)c1ccc(C)cc1. The third kappa shape index (κ3) is 1.93. The molecule has 0 aromatic heterocycles. The Labute approximate surface area is 66.4 Å². The molecule has 0 spiro atoms. The standard InChI is InChI=1S/C9H12FN/c1-3-11(10)9-6-4-8(2)5-7-9/h4-7H,3H2,1-2H3. The second-order valence-electron chi connectivity index (χ2n) is 2.51. The van der Waals surface area contributed by atoms with Crippen LogP contribution in [-0.4, -0.2) is 6.54 Å². The van der Waals surface area contributed by atoms with Crippen LogP contribution in [0.15, 0.2) is 24.3 Å². The van der Waals surface area contributed by atoms with Crippen molar-refractivity contribution in [3.05, 3.63) is 29.8 Å². The second-order valence-corrected chi connectivity index (χ2v) is 2.51. The highest BCUT2D eigenvalue weighted by molar-refractivity contribution is 5.44. The number of rotatable bonds is 2. The number of benzene rings is 1. The van der Waals surface area contributed by atoms with Crippen LogP contribution < -0.4 is 5.12 Å². The molecule has 0 aliphatic carbocycles. The lowest BCUT2D eigenvalue weighted by Crippen LogP contribution is -2.09. The summed E-state index contributed by atoms with van der Waals surface area (Å²) in [7, 11) is 0. The van der Waals surface area contributed by atoms with Crippen molar-refractivity contribution in [3.8, 4) is 0 Å². The zero-order valence-electron chi connectivity index (χ0n) is 6.84. The van der Waals surface area contributed by atoms with E-state index in [2.05, 4.69) is 0 Å².